The van der Waals surface area contributed by atoms with Gasteiger partial charge in [0.1, 0.15) is 42.5 Å². The van der Waals surface area contributed by atoms with Crippen molar-refractivity contribution in [2.45, 2.75) is 83.1 Å². The number of fused-ring (bicyclic) bond motifs is 1. The highest BCUT2D eigenvalue weighted by Crippen LogP contribution is 2.21. The standard InChI is InChI=1S/C41H48F2N6O13/c1-21(2)17-30(48-39(57)27-14-13-23-9-6-7-12-26(23)45-27)40(58)49-31(19-35(54)61-5)41(59)46-28(15-16-33(51)52)38(56)44-22(3)37(55)47-29(18-34(53)60-4)32(50)20-62-36-24(42)10-8-11-25(36)43/h6-14,21-22,28-31H,15-20H2,1-5H3,(H,44,56)(H,46,59)(H,47,55)(H,48,57)(H,49,58)(H,51,52)/t22-,28-,29?,30?,31?/m0/s1. The van der Waals surface area contributed by atoms with Gasteiger partial charge in [-0.1, -0.05) is 44.2 Å². The lowest BCUT2D eigenvalue weighted by Gasteiger charge is -2.26. The Bertz CT molecular complexity index is 2130. The number of ether oxygens (including phenoxy) is 3. The van der Waals surface area contributed by atoms with Gasteiger partial charge in [0.05, 0.1) is 32.6 Å². The van der Waals surface area contributed by atoms with Crippen LogP contribution in [-0.2, 0) is 47.8 Å². The van der Waals surface area contributed by atoms with Gasteiger partial charge < -0.3 is 45.9 Å². The molecule has 1 heterocycles. The van der Waals surface area contributed by atoms with E-state index < -0.39 is 133 Å². The molecule has 3 unspecified atom stereocenters. The molecule has 0 radical (unpaired) electrons. The molecule has 0 aliphatic rings. The first-order valence-corrected chi connectivity index (χ1v) is 19.2. The number of aliphatic carboxylic acids is 1. The van der Waals surface area contributed by atoms with Gasteiger partial charge in [-0.15, -0.1) is 0 Å². The van der Waals surface area contributed by atoms with E-state index in [9.17, 15) is 57.0 Å². The van der Waals surface area contributed by atoms with Crippen molar-refractivity contribution in [2.75, 3.05) is 20.8 Å². The van der Waals surface area contributed by atoms with Gasteiger partial charge in [-0.25, -0.2) is 13.8 Å². The number of aromatic nitrogens is 1. The molecule has 5 atom stereocenters. The molecule has 0 aliphatic carbocycles. The van der Waals surface area contributed by atoms with Crippen molar-refractivity contribution in [3.8, 4) is 5.75 Å². The lowest BCUT2D eigenvalue weighted by Crippen LogP contribution is -2.59. The number of para-hydroxylation sites is 2. The number of halogens is 2. The Hall–Kier alpha value is -7.06. The van der Waals surface area contributed by atoms with Gasteiger partial charge in [0.15, 0.2) is 23.2 Å². The number of Topliss-reactive ketones (excluding diaryl/α,β-unsaturated/α-hetero) is 1. The van der Waals surface area contributed by atoms with Crippen LogP contribution in [0, 0.1) is 17.6 Å². The van der Waals surface area contributed by atoms with E-state index in [2.05, 4.69) is 41.0 Å². The molecule has 334 valence electrons. The van der Waals surface area contributed by atoms with Crippen LogP contribution in [0.2, 0.25) is 0 Å². The second-order valence-corrected chi connectivity index (χ2v) is 14.3. The van der Waals surface area contributed by atoms with Gasteiger partial charge >= 0.3 is 17.9 Å². The minimum Gasteiger partial charge on any atom is -0.481 e. The first-order valence-electron chi connectivity index (χ1n) is 19.2. The van der Waals surface area contributed by atoms with Crippen LogP contribution < -0.4 is 31.3 Å². The second kappa shape index (κ2) is 23.7. The summed E-state index contributed by atoms with van der Waals surface area (Å²) in [5.41, 5.74) is 0.525. The maximum atomic E-state index is 14.1. The number of nitrogens with one attached hydrogen (secondary N) is 5. The zero-order chi connectivity index (χ0) is 46.1. The predicted molar refractivity (Wildman–Crippen MR) is 213 cm³/mol. The summed E-state index contributed by atoms with van der Waals surface area (Å²) >= 11 is 0. The molecular formula is C41H48F2N6O13. The number of carbonyl (C=O) groups is 9. The number of hydrogen-bond donors (Lipinski definition) is 6. The molecule has 3 aromatic rings. The van der Waals surface area contributed by atoms with Crippen LogP contribution in [-0.4, -0.2) is 114 Å². The second-order valence-electron chi connectivity index (χ2n) is 14.3. The molecule has 21 heteroatoms. The quantitative estimate of drug-likeness (QED) is 0.0733. The van der Waals surface area contributed by atoms with E-state index in [0.29, 0.717) is 5.52 Å². The van der Waals surface area contributed by atoms with Gasteiger partial charge in [-0.05, 0) is 49.9 Å². The lowest BCUT2D eigenvalue weighted by molar-refractivity contribution is -0.144. The van der Waals surface area contributed by atoms with E-state index in [-0.39, 0.29) is 18.0 Å². The number of carboxylic acids is 1. The number of methoxy groups -OCH3 is 2. The van der Waals surface area contributed by atoms with Crippen LogP contribution in [0.4, 0.5) is 8.78 Å². The summed E-state index contributed by atoms with van der Waals surface area (Å²) in [6, 6.07) is 5.10. The highest BCUT2D eigenvalue weighted by atomic mass is 19.1. The van der Waals surface area contributed by atoms with Crippen molar-refractivity contribution in [1.82, 2.24) is 31.6 Å². The van der Waals surface area contributed by atoms with Crippen LogP contribution in [0.1, 0.15) is 63.4 Å². The number of rotatable bonds is 23. The van der Waals surface area contributed by atoms with Crippen LogP contribution in [0.25, 0.3) is 10.9 Å². The molecule has 62 heavy (non-hydrogen) atoms. The molecular weight excluding hydrogens is 822 g/mol. The average Bonchev–Trinajstić information content (AvgIpc) is 3.23. The monoisotopic (exact) mass is 870 g/mol. The lowest BCUT2D eigenvalue weighted by atomic mass is 10.0. The largest absolute Gasteiger partial charge is 0.481 e. The fraction of sp³-hybridized carbons (Fsp3) is 0.415. The number of carbonyl (C=O) groups excluding carboxylic acids is 8. The predicted octanol–water partition coefficient (Wildman–Crippen LogP) is 1.26. The number of ketones is 1. The topological polar surface area (TPSA) is 275 Å². The first-order chi connectivity index (χ1) is 29.3. The zero-order valence-electron chi connectivity index (χ0n) is 34.5. The highest BCUT2D eigenvalue weighted by Gasteiger charge is 2.34. The summed E-state index contributed by atoms with van der Waals surface area (Å²) in [5.74, 6) is -12.6. The maximum Gasteiger partial charge on any atom is 0.308 e. The summed E-state index contributed by atoms with van der Waals surface area (Å²) in [4.78, 5) is 121. The maximum absolute atomic E-state index is 14.1. The van der Waals surface area contributed by atoms with Crippen LogP contribution >= 0.6 is 0 Å². The Kier molecular flexibility index (Phi) is 18.8. The molecule has 0 spiro atoms. The van der Waals surface area contributed by atoms with Crippen molar-refractivity contribution < 1.29 is 71.2 Å². The van der Waals surface area contributed by atoms with Gasteiger partial charge in [0.25, 0.3) is 5.91 Å². The van der Waals surface area contributed by atoms with Gasteiger partial charge in [0.2, 0.25) is 23.6 Å². The Labute approximate surface area is 354 Å². The third kappa shape index (κ3) is 15.2. The van der Waals surface area contributed by atoms with Crippen molar-refractivity contribution in [1.29, 1.82) is 0 Å². The Morgan fingerprint density at radius 3 is 1.84 bits per heavy atom. The molecule has 1 aromatic heterocycles. The molecule has 0 saturated heterocycles. The minimum absolute atomic E-state index is 0.000308. The Morgan fingerprint density at radius 1 is 0.661 bits per heavy atom. The van der Waals surface area contributed by atoms with Crippen LogP contribution in [0.3, 0.4) is 0 Å². The smallest absolute Gasteiger partial charge is 0.308 e. The summed E-state index contributed by atoms with van der Waals surface area (Å²) in [7, 11) is 2.02. The summed E-state index contributed by atoms with van der Waals surface area (Å²) in [6.07, 6.45) is -2.69. The van der Waals surface area contributed by atoms with Gasteiger partial charge in [-0.3, -0.25) is 43.2 Å². The van der Waals surface area contributed by atoms with E-state index in [1.165, 1.54) is 6.07 Å². The number of nitrogens with zero attached hydrogens (tertiary/aromatic N) is 1. The first kappa shape index (κ1) is 49.3. The number of hydrogen-bond acceptors (Lipinski definition) is 13. The summed E-state index contributed by atoms with van der Waals surface area (Å²) < 4.78 is 42.3. The van der Waals surface area contributed by atoms with Crippen molar-refractivity contribution in [2.24, 2.45) is 5.92 Å². The SMILES string of the molecule is COC(=O)CC(NC(=O)[C@H](C)NC(=O)[C@H](CCC(=O)O)NC(=O)C(CC(=O)OC)NC(=O)C(CC(C)C)NC(=O)c1ccc2ccccc2n1)C(=O)COc1c(F)cccc1F. The molecule has 6 N–H and O–H groups in total. The minimum atomic E-state index is -1.73. The molecule has 0 saturated carbocycles. The normalized spacial score (nSPS) is 13.3. The number of amides is 5. The number of carboxylic acid groups (broad SMARTS) is 1. The molecule has 0 fully saturated rings. The van der Waals surface area contributed by atoms with E-state index >= 15 is 0 Å². The van der Waals surface area contributed by atoms with E-state index in [0.717, 1.165) is 44.7 Å². The molecule has 0 bridgehead atoms. The van der Waals surface area contributed by atoms with Gasteiger partial charge in [-0.2, -0.15) is 0 Å². The highest BCUT2D eigenvalue weighted by molar-refractivity contribution is 6.00. The Morgan fingerprint density at radius 2 is 1.23 bits per heavy atom. The van der Waals surface area contributed by atoms with Crippen molar-refractivity contribution in [3.63, 3.8) is 0 Å². The third-order valence-electron chi connectivity index (χ3n) is 9.00. The summed E-state index contributed by atoms with van der Waals surface area (Å²) in [5, 5.41) is 21.9. The molecule has 5 amide bonds. The average molecular weight is 871 g/mol. The van der Waals surface area contributed by atoms with E-state index in [1.54, 1.807) is 44.2 Å². The van der Waals surface area contributed by atoms with E-state index in [4.69, 9.17) is 4.74 Å². The molecule has 3 rings (SSSR count). The van der Waals surface area contributed by atoms with Crippen molar-refractivity contribution >= 4 is 64.1 Å². The number of esters is 2. The summed E-state index contributed by atoms with van der Waals surface area (Å²) in [6.45, 7) is 3.69. The fourth-order valence-electron chi connectivity index (χ4n) is 5.70. The van der Waals surface area contributed by atoms with Gasteiger partial charge in [0, 0.05) is 11.8 Å². The number of pyridine rings is 1. The molecule has 0 aliphatic heterocycles. The number of benzene rings is 2. The van der Waals surface area contributed by atoms with Crippen LogP contribution in [0.15, 0.2) is 54.6 Å². The van der Waals surface area contributed by atoms with E-state index in [1.807, 2.05) is 0 Å². The molecule has 2 aromatic carbocycles. The molecule has 19 nitrogen and oxygen atoms in total. The van der Waals surface area contributed by atoms with Crippen LogP contribution in [0.5, 0.6) is 5.75 Å². The fourth-order valence-corrected chi connectivity index (χ4v) is 5.70. The third-order valence-corrected chi connectivity index (χ3v) is 9.00. The Balaban J connectivity index is 1.77. The zero-order valence-corrected chi connectivity index (χ0v) is 34.5. The van der Waals surface area contributed by atoms with Crippen molar-refractivity contribution in [3.05, 3.63) is 71.9 Å².